The molecule has 7 heteroatoms. The van der Waals surface area contributed by atoms with E-state index in [1.165, 1.54) is 6.20 Å². The summed E-state index contributed by atoms with van der Waals surface area (Å²) >= 11 is 0. The van der Waals surface area contributed by atoms with Crippen LogP contribution in [0.2, 0.25) is 0 Å². The summed E-state index contributed by atoms with van der Waals surface area (Å²) in [7, 11) is 0. The topological polar surface area (TPSA) is 57.5 Å². The summed E-state index contributed by atoms with van der Waals surface area (Å²) in [6.45, 7) is 5.22. The van der Waals surface area contributed by atoms with Crippen molar-refractivity contribution in [1.29, 1.82) is 0 Å². The van der Waals surface area contributed by atoms with Crippen molar-refractivity contribution in [2.45, 2.75) is 32.9 Å². The highest BCUT2D eigenvalue weighted by atomic mass is 19.2. The second-order valence-electron chi connectivity index (χ2n) is 5.46. The van der Waals surface area contributed by atoms with Crippen LogP contribution in [0.1, 0.15) is 37.2 Å². The van der Waals surface area contributed by atoms with E-state index in [0.29, 0.717) is 0 Å². The van der Waals surface area contributed by atoms with Crippen molar-refractivity contribution in [3.05, 3.63) is 39.7 Å². The van der Waals surface area contributed by atoms with Crippen LogP contribution in [0, 0.1) is 11.6 Å². The van der Waals surface area contributed by atoms with E-state index in [0.717, 1.165) is 6.07 Å². The van der Waals surface area contributed by atoms with Crippen molar-refractivity contribution >= 4 is 16.9 Å². The summed E-state index contributed by atoms with van der Waals surface area (Å²) in [5.74, 6) is -3.44. The Labute approximate surface area is 130 Å². The standard InChI is InChI=1S/C16H15F2NO4/c1-4-22-16(21)10-6-19-7(2)8(3)23-15-12(18)11(17)5-9(13(15)19)14(10)20/h5-8H,4H2,1-3H3. The van der Waals surface area contributed by atoms with Crippen LogP contribution in [-0.4, -0.2) is 23.2 Å². The van der Waals surface area contributed by atoms with E-state index in [1.807, 2.05) is 0 Å². The molecule has 2 atom stereocenters. The van der Waals surface area contributed by atoms with Crippen LogP contribution in [0.3, 0.4) is 0 Å². The Morgan fingerprint density at radius 2 is 2.09 bits per heavy atom. The third kappa shape index (κ3) is 2.18. The zero-order valence-electron chi connectivity index (χ0n) is 12.9. The van der Waals surface area contributed by atoms with Gasteiger partial charge in [0, 0.05) is 6.20 Å². The lowest BCUT2D eigenvalue weighted by molar-refractivity contribution is 0.0523. The smallest absolute Gasteiger partial charge is 0.343 e. The van der Waals surface area contributed by atoms with Gasteiger partial charge in [0.2, 0.25) is 11.2 Å². The fraction of sp³-hybridized carbons (Fsp3) is 0.375. The molecule has 0 fully saturated rings. The van der Waals surface area contributed by atoms with Gasteiger partial charge in [0.05, 0.1) is 23.6 Å². The quantitative estimate of drug-likeness (QED) is 0.798. The van der Waals surface area contributed by atoms with Gasteiger partial charge in [-0.15, -0.1) is 0 Å². The SMILES string of the molecule is CCOC(=O)c1cn2c3c(c(F)c(F)cc3c1=O)OC(C)C2C. The van der Waals surface area contributed by atoms with Crippen molar-refractivity contribution in [2.24, 2.45) is 0 Å². The third-order valence-electron chi connectivity index (χ3n) is 4.08. The van der Waals surface area contributed by atoms with Crippen LogP contribution < -0.4 is 10.2 Å². The number of halogens is 2. The zero-order chi connectivity index (χ0) is 16.9. The maximum atomic E-state index is 14.1. The second-order valence-corrected chi connectivity index (χ2v) is 5.46. The highest BCUT2D eigenvalue weighted by Crippen LogP contribution is 2.37. The molecule has 23 heavy (non-hydrogen) atoms. The summed E-state index contributed by atoms with van der Waals surface area (Å²) in [5.41, 5.74) is -0.773. The summed E-state index contributed by atoms with van der Waals surface area (Å²) in [4.78, 5) is 24.5. The molecule has 0 spiro atoms. The van der Waals surface area contributed by atoms with Crippen molar-refractivity contribution in [1.82, 2.24) is 4.57 Å². The Bertz CT molecular complexity index is 875. The predicted molar refractivity (Wildman–Crippen MR) is 78.9 cm³/mol. The lowest BCUT2D eigenvalue weighted by atomic mass is 10.0. The molecule has 0 radical (unpaired) electrons. The van der Waals surface area contributed by atoms with Gasteiger partial charge < -0.3 is 14.0 Å². The fourth-order valence-electron chi connectivity index (χ4n) is 2.72. The number of benzene rings is 1. The van der Waals surface area contributed by atoms with E-state index in [-0.39, 0.29) is 34.9 Å². The van der Waals surface area contributed by atoms with Gasteiger partial charge in [-0.3, -0.25) is 4.79 Å². The van der Waals surface area contributed by atoms with Gasteiger partial charge in [-0.2, -0.15) is 4.39 Å². The second kappa shape index (κ2) is 5.33. The number of carbonyl (C=O) groups is 1. The first kappa shape index (κ1) is 15.5. The highest BCUT2D eigenvalue weighted by molar-refractivity contribution is 5.95. The summed E-state index contributed by atoms with van der Waals surface area (Å²) in [6.07, 6.45) is 0.868. The maximum Gasteiger partial charge on any atom is 0.343 e. The van der Waals surface area contributed by atoms with E-state index in [4.69, 9.17) is 9.47 Å². The Balaban J connectivity index is 2.43. The van der Waals surface area contributed by atoms with Gasteiger partial charge >= 0.3 is 5.97 Å². The Kier molecular flexibility index (Phi) is 3.58. The Morgan fingerprint density at radius 1 is 1.39 bits per heavy atom. The van der Waals surface area contributed by atoms with Crippen LogP contribution >= 0.6 is 0 Å². The molecule has 0 aliphatic carbocycles. The van der Waals surface area contributed by atoms with Crippen molar-refractivity contribution in [2.75, 3.05) is 6.61 Å². The predicted octanol–water partition coefficient (Wildman–Crippen LogP) is 2.80. The van der Waals surface area contributed by atoms with E-state index in [2.05, 4.69) is 0 Å². The lowest BCUT2D eigenvalue weighted by Gasteiger charge is -2.32. The average Bonchev–Trinajstić information content (AvgIpc) is 2.51. The summed E-state index contributed by atoms with van der Waals surface area (Å²) in [6, 6.07) is 0.519. The molecule has 1 aromatic heterocycles. The first-order valence-corrected chi connectivity index (χ1v) is 7.27. The van der Waals surface area contributed by atoms with Crippen LogP contribution in [0.5, 0.6) is 5.75 Å². The molecular weight excluding hydrogens is 308 g/mol. The number of rotatable bonds is 2. The Hall–Kier alpha value is -2.44. The fourth-order valence-corrected chi connectivity index (χ4v) is 2.72. The first-order valence-electron chi connectivity index (χ1n) is 7.27. The van der Waals surface area contributed by atoms with Gasteiger partial charge in [0.25, 0.3) is 0 Å². The Morgan fingerprint density at radius 3 is 2.74 bits per heavy atom. The molecule has 0 amide bonds. The number of aromatic nitrogens is 1. The van der Waals surface area contributed by atoms with Gasteiger partial charge in [-0.25, -0.2) is 9.18 Å². The molecule has 0 saturated heterocycles. The highest BCUT2D eigenvalue weighted by Gasteiger charge is 2.31. The molecule has 2 aromatic rings. The molecule has 2 unspecified atom stereocenters. The number of pyridine rings is 1. The van der Waals surface area contributed by atoms with E-state index < -0.39 is 29.1 Å². The lowest BCUT2D eigenvalue weighted by Crippen LogP contribution is -2.33. The molecule has 1 aliphatic heterocycles. The number of carbonyl (C=O) groups excluding carboxylic acids is 1. The van der Waals surface area contributed by atoms with Crippen molar-refractivity contribution in [3.8, 4) is 5.75 Å². The van der Waals surface area contributed by atoms with E-state index in [9.17, 15) is 18.4 Å². The van der Waals surface area contributed by atoms with Crippen LogP contribution in [-0.2, 0) is 4.74 Å². The molecule has 0 N–H and O–H groups in total. The van der Waals surface area contributed by atoms with Gasteiger partial charge in [0.15, 0.2) is 11.6 Å². The minimum Gasteiger partial charge on any atom is -0.483 e. The molecule has 2 heterocycles. The van der Waals surface area contributed by atoms with E-state index in [1.54, 1.807) is 25.3 Å². The maximum absolute atomic E-state index is 14.1. The molecule has 122 valence electrons. The third-order valence-corrected chi connectivity index (χ3v) is 4.08. The van der Waals surface area contributed by atoms with Crippen LogP contribution in [0.15, 0.2) is 17.1 Å². The van der Waals surface area contributed by atoms with Crippen LogP contribution in [0.25, 0.3) is 10.9 Å². The van der Waals surface area contributed by atoms with Crippen molar-refractivity contribution in [3.63, 3.8) is 0 Å². The van der Waals surface area contributed by atoms with Crippen molar-refractivity contribution < 1.29 is 23.0 Å². The molecule has 5 nitrogen and oxygen atoms in total. The van der Waals surface area contributed by atoms with E-state index >= 15 is 0 Å². The first-order chi connectivity index (χ1) is 10.9. The molecule has 1 aliphatic rings. The monoisotopic (exact) mass is 323 g/mol. The minimum absolute atomic E-state index is 0.106. The molecule has 1 aromatic carbocycles. The largest absolute Gasteiger partial charge is 0.483 e. The molecule has 0 bridgehead atoms. The molecule has 0 saturated carbocycles. The number of esters is 1. The summed E-state index contributed by atoms with van der Waals surface area (Å²) in [5, 5.41) is -0.108. The number of hydrogen-bond acceptors (Lipinski definition) is 4. The van der Waals surface area contributed by atoms with Gasteiger partial charge in [0.1, 0.15) is 11.7 Å². The molecular formula is C16H15F2NO4. The average molecular weight is 323 g/mol. The summed E-state index contributed by atoms with van der Waals surface area (Å²) < 4.78 is 39.7. The number of ether oxygens (including phenoxy) is 2. The zero-order valence-corrected chi connectivity index (χ0v) is 12.9. The van der Waals surface area contributed by atoms with Gasteiger partial charge in [-0.1, -0.05) is 0 Å². The minimum atomic E-state index is -1.20. The number of hydrogen-bond donors (Lipinski definition) is 0. The molecule has 3 rings (SSSR count). The normalized spacial score (nSPS) is 19.5. The number of nitrogens with zero attached hydrogens (tertiary/aromatic N) is 1. The van der Waals surface area contributed by atoms with Gasteiger partial charge in [-0.05, 0) is 26.8 Å². The van der Waals surface area contributed by atoms with Crippen LogP contribution in [0.4, 0.5) is 8.78 Å².